The van der Waals surface area contributed by atoms with Crippen LogP contribution >= 0.6 is 0 Å². The summed E-state index contributed by atoms with van der Waals surface area (Å²) in [7, 11) is 3.71. The summed E-state index contributed by atoms with van der Waals surface area (Å²) >= 11 is 0. The number of nitrogens with one attached hydrogen (secondary N) is 1. The van der Waals surface area contributed by atoms with Crippen LogP contribution in [0.5, 0.6) is 0 Å². The number of carbonyl (C=O) groups is 1. The van der Waals surface area contributed by atoms with Gasteiger partial charge in [-0.25, -0.2) is 0 Å². The average molecular weight is 253 g/mol. The van der Waals surface area contributed by atoms with Gasteiger partial charge in [-0.2, -0.15) is 0 Å². The number of rotatable bonds is 2. The van der Waals surface area contributed by atoms with Gasteiger partial charge in [-0.05, 0) is 18.3 Å². The van der Waals surface area contributed by atoms with Gasteiger partial charge in [0.05, 0.1) is 0 Å². The largest absolute Gasteiger partial charge is 0.347 e. The van der Waals surface area contributed by atoms with Gasteiger partial charge in [-0.1, -0.05) is 20.3 Å². The molecule has 1 aliphatic heterocycles. The molecule has 2 atom stereocenters. The normalized spacial score (nSPS) is 32.4. The fourth-order valence-electron chi connectivity index (χ4n) is 3.54. The van der Waals surface area contributed by atoms with E-state index in [9.17, 15) is 4.79 Å². The lowest BCUT2D eigenvalue weighted by Crippen LogP contribution is -2.62. The molecule has 1 aliphatic carbocycles. The fraction of sp³-hybridized carbons (Fsp3) is 0.929. The molecular weight excluding hydrogens is 226 g/mol. The lowest BCUT2D eigenvalue weighted by Gasteiger charge is -2.45. The van der Waals surface area contributed by atoms with Crippen molar-refractivity contribution in [2.45, 2.75) is 45.2 Å². The minimum Gasteiger partial charge on any atom is -0.347 e. The van der Waals surface area contributed by atoms with Crippen LogP contribution in [0.2, 0.25) is 0 Å². The van der Waals surface area contributed by atoms with Crippen LogP contribution in [0.25, 0.3) is 0 Å². The van der Waals surface area contributed by atoms with Crippen molar-refractivity contribution in [3.63, 3.8) is 0 Å². The lowest BCUT2D eigenvalue weighted by molar-refractivity contribution is -0.137. The van der Waals surface area contributed by atoms with E-state index in [1.54, 1.807) is 4.90 Å². The highest BCUT2D eigenvalue weighted by Crippen LogP contribution is 2.41. The molecule has 4 heteroatoms. The summed E-state index contributed by atoms with van der Waals surface area (Å²) in [6, 6.07) is 0.588. The van der Waals surface area contributed by atoms with Crippen molar-refractivity contribution in [3.05, 3.63) is 0 Å². The predicted molar refractivity (Wildman–Crippen MR) is 73.5 cm³/mol. The van der Waals surface area contributed by atoms with Gasteiger partial charge >= 0.3 is 0 Å². The summed E-state index contributed by atoms with van der Waals surface area (Å²) in [5, 5.41) is 3.36. The van der Waals surface area contributed by atoms with Gasteiger partial charge in [0.1, 0.15) is 6.04 Å². The smallest absolute Gasteiger partial charge is 0.240 e. The van der Waals surface area contributed by atoms with Crippen molar-refractivity contribution >= 4 is 5.91 Å². The first kappa shape index (κ1) is 13.8. The zero-order valence-corrected chi connectivity index (χ0v) is 12.2. The van der Waals surface area contributed by atoms with Crippen LogP contribution in [-0.4, -0.2) is 61.5 Å². The molecule has 1 heterocycles. The SMILES string of the molecule is CN(C)C(=O)C1CNCCN1C1CCCC1(C)C. The fourth-order valence-corrected chi connectivity index (χ4v) is 3.54. The zero-order chi connectivity index (χ0) is 13.3. The van der Waals surface area contributed by atoms with Gasteiger partial charge in [0, 0.05) is 39.8 Å². The van der Waals surface area contributed by atoms with Gasteiger partial charge in [0.15, 0.2) is 0 Å². The van der Waals surface area contributed by atoms with E-state index < -0.39 is 0 Å². The highest BCUT2D eigenvalue weighted by atomic mass is 16.2. The van der Waals surface area contributed by atoms with Crippen LogP contribution in [0.15, 0.2) is 0 Å². The van der Waals surface area contributed by atoms with Crippen molar-refractivity contribution in [1.82, 2.24) is 15.1 Å². The molecule has 18 heavy (non-hydrogen) atoms. The number of hydrogen-bond donors (Lipinski definition) is 1. The highest BCUT2D eigenvalue weighted by Gasteiger charge is 2.43. The summed E-state index contributed by atoms with van der Waals surface area (Å²) in [5.74, 6) is 0.241. The molecule has 0 aromatic rings. The summed E-state index contributed by atoms with van der Waals surface area (Å²) in [5.41, 5.74) is 0.349. The molecule has 2 fully saturated rings. The molecular formula is C14H27N3O. The van der Waals surface area contributed by atoms with E-state index in [0.717, 1.165) is 19.6 Å². The van der Waals surface area contributed by atoms with Crippen molar-refractivity contribution < 1.29 is 4.79 Å². The van der Waals surface area contributed by atoms with E-state index in [1.165, 1.54) is 19.3 Å². The van der Waals surface area contributed by atoms with Crippen LogP contribution in [0, 0.1) is 5.41 Å². The minimum atomic E-state index is 0.0242. The Morgan fingerprint density at radius 2 is 2.11 bits per heavy atom. The molecule has 0 spiro atoms. The van der Waals surface area contributed by atoms with Crippen molar-refractivity contribution in [2.24, 2.45) is 5.41 Å². The van der Waals surface area contributed by atoms with Crippen molar-refractivity contribution in [2.75, 3.05) is 33.7 Å². The van der Waals surface area contributed by atoms with Crippen LogP contribution < -0.4 is 5.32 Å². The molecule has 2 aliphatic rings. The molecule has 1 N–H and O–H groups in total. The first-order valence-electron chi connectivity index (χ1n) is 7.11. The molecule has 2 rings (SSSR count). The molecule has 1 saturated carbocycles. The Labute approximate surface area is 111 Å². The molecule has 0 aromatic heterocycles. The monoisotopic (exact) mass is 253 g/mol. The second-order valence-electron chi connectivity index (χ2n) is 6.59. The van der Waals surface area contributed by atoms with E-state index in [1.807, 2.05) is 14.1 Å². The Kier molecular flexibility index (Phi) is 3.97. The van der Waals surface area contributed by atoms with Gasteiger partial charge in [-0.3, -0.25) is 9.69 Å². The molecule has 0 radical (unpaired) electrons. The summed E-state index contributed by atoms with van der Waals surface area (Å²) in [6.07, 6.45) is 3.82. The second kappa shape index (κ2) is 5.17. The second-order valence-corrected chi connectivity index (χ2v) is 6.59. The van der Waals surface area contributed by atoms with Gasteiger partial charge in [0.25, 0.3) is 0 Å². The Morgan fingerprint density at radius 1 is 1.39 bits per heavy atom. The Balaban J connectivity index is 2.15. The predicted octanol–water partition coefficient (Wildman–Crippen LogP) is 0.927. The molecule has 0 aromatic carbocycles. The molecule has 1 saturated heterocycles. The van der Waals surface area contributed by atoms with Gasteiger partial charge < -0.3 is 10.2 Å². The maximum absolute atomic E-state index is 12.3. The third kappa shape index (κ3) is 2.54. The topological polar surface area (TPSA) is 35.6 Å². The van der Waals surface area contributed by atoms with Crippen LogP contribution in [-0.2, 0) is 4.79 Å². The molecule has 2 unspecified atom stereocenters. The lowest BCUT2D eigenvalue weighted by atomic mass is 9.85. The summed E-state index contributed by atoms with van der Waals surface area (Å²) < 4.78 is 0. The van der Waals surface area contributed by atoms with E-state index in [2.05, 4.69) is 24.1 Å². The maximum atomic E-state index is 12.3. The minimum absolute atomic E-state index is 0.0242. The molecule has 4 nitrogen and oxygen atoms in total. The van der Waals surface area contributed by atoms with Gasteiger partial charge in [0.2, 0.25) is 5.91 Å². The van der Waals surface area contributed by atoms with E-state index >= 15 is 0 Å². The van der Waals surface area contributed by atoms with E-state index in [4.69, 9.17) is 0 Å². The number of nitrogens with zero attached hydrogens (tertiary/aromatic N) is 2. The number of carbonyl (C=O) groups excluding carboxylic acids is 1. The van der Waals surface area contributed by atoms with E-state index in [0.29, 0.717) is 11.5 Å². The number of hydrogen-bond acceptors (Lipinski definition) is 3. The van der Waals surface area contributed by atoms with E-state index in [-0.39, 0.29) is 11.9 Å². The third-order valence-electron chi connectivity index (χ3n) is 4.61. The Morgan fingerprint density at radius 3 is 2.67 bits per heavy atom. The number of likely N-dealkylation sites (N-methyl/N-ethyl adjacent to an activating group) is 1. The van der Waals surface area contributed by atoms with Crippen molar-refractivity contribution in [3.8, 4) is 0 Å². The zero-order valence-electron chi connectivity index (χ0n) is 12.2. The van der Waals surface area contributed by atoms with Crippen LogP contribution in [0.4, 0.5) is 0 Å². The standard InChI is InChI=1S/C14H27N3O/c1-14(2)7-5-6-12(14)17-9-8-15-10-11(17)13(18)16(3)4/h11-12,15H,5-10H2,1-4H3. The third-order valence-corrected chi connectivity index (χ3v) is 4.61. The Hall–Kier alpha value is -0.610. The molecule has 104 valence electrons. The number of piperazine rings is 1. The van der Waals surface area contributed by atoms with Crippen LogP contribution in [0.1, 0.15) is 33.1 Å². The number of amides is 1. The Bertz CT molecular complexity index is 314. The van der Waals surface area contributed by atoms with Crippen molar-refractivity contribution in [1.29, 1.82) is 0 Å². The quantitative estimate of drug-likeness (QED) is 0.795. The first-order valence-corrected chi connectivity index (χ1v) is 7.11. The molecule has 0 bridgehead atoms. The van der Waals surface area contributed by atoms with Crippen LogP contribution in [0.3, 0.4) is 0 Å². The highest BCUT2D eigenvalue weighted by molar-refractivity contribution is 5.81. The van der Waals surface area contributed by atoms with Gasteiger partial charge in [-0.15, -0.1) is 0 Å². The first-order chi connectivity index (χ1) is 8.43. The molecule has 1 amide bonds. The summed E-state index contributed by atoms with van der Waals surface area (Å²) in [6.45, 7) is 7.50. The maximum Gasteiger partial charge on any atom is 0.240 e. The summed E-state index contributed by atoms with van der Waals surface area (Å²) in [4.78, 5) is 16.5. The average Bonchev–Trinajstić information content (AvgIpc) is 2.67.